The lowest BCUT2D eigenvalue weighted by atomic mass is 9.84. The zero-order valence-corrected chi connectivity index (χ0v) is 16.3. The highest BCUT2D eigenvalue weighted by atomic mass is 16.6. The van der Waals surface area contributed by atoms with Crippen molar-refractivity contribution in [2.75, 3.05) is 27.3 Å². The first kappa shape index (κ1) is 18.1. The number of nitrogens with zero attached hydrogens (tertiary/aromatic N) is 2. The summed E-state index contributed by atoms with van der Waals surface area (Å²) >= 11 is 0. The van der Waals surface area contributed by atoms with Crippen molar-refractivity contribution < 1.29 is 23.7 Å². The van der Waals surface area contributed by atoms with E-state index in [4.69, 9.17) is 18.9 Å². The number of amidine groups is 1. The van der Waals surface area contributed by atoms with E-state index in [9.17, 15) is 4.79 Å². The lowest BCUT2D eigenvalue weighted by Crippen LogP contribution is -2.46. The Balaban J connectivity index is 1.28. The van der Waals surface area contributed by atoms with Gasteiger partial charge in [-0.1, -0.05) is 24.3 Å². The van der Waals surface area contributed by atoms with Crippen LogP contribution in [-0.4, -0.2) is 61.9 Å². The van der Waals surface area contributed by atoms with Crippen LogP contribution in [0.2, 0.25) is 0 Å². The highest BCUT2D eigenvalue weighted by Crippen LogP contribution is 2.45. The predicted octanol–water partition coefficient (Wildman–Crippen LogP) is 1.98. The van der Waals surface area contributed by atoms with Gasteiger partial charge in [0.2, 0.25) is 0 Å². The SMILES string of the molecule is COC1CC2(CC1OC)OC(N1CCC3(CC1)OCc1ccccc13)=NC2=O. The van der Waals surface area contributed by atoms with Crippen molar-refractivity contribution >= 4 is 11.9 Å². The minimum Gasteiger partial charge on any atom is -0.448 e. The molecular formula is C21H26N2O5. The fraction of sp³-hybridized carbons (Fsp3) is 0.619. The Labute approximate surface area is 164 Å². The standard InChI is InChI=1S/C21H26N2O5/c1-25-16-11-21(12-17(16)26-2)18(24)22-19(28-21)23-9-7-20(8-10-23)15-6-4-3-5-14(15)13-27-20/h3-6,16-17H,7-13H2,1-2H3. The summed E-state index contributed by atoms with van der Waals surface area (Å²) in [5.74, 6) is -0.216. The van der Waals surface area contributed by atoms with E-state index >= 15 is 0 Å². The third kappa shape index (κ3) is 2.60. The second kappa shape index (κ2) is 6.54. The number of hydrogen-bond donors (Lipinski definition) is 0. The molecule has 4 aliphatic rings. The summed E-state index contributed by atoms with van der Waals surface area (Å²) in [4.78, 5) is 19.1. The molecule has 7 nitrogen and oxygen atoms in total. The molecule has 0 radical (unpaired) electrons. The van der Waals surface area contributed by atoms with E-state index in [1.807, 2.05) is 0 Å². The van der Waals surface area contributed by atoms with E-state index in [0.717, 1.165) is 25.9 Å². The van der Waals surface area contributed by atoms with Crippen LogP contribution in [0.3, 0.4) is 0 Å². The molecule has 1 aromatic rings. The Hall–Kier alpha value is -1.96. The number of carbonyl (C=O) groups excluding carboxylic acids is 1. The minimum atomic E-state index is -0.942. The summed E-state index contributed by atoms with van der Waals surface area (Å²) < 4.78 is 23.4. The molecule has 2 unspecified atom stereocenters. The van der Waals surface area contributed by atoms with Crippen molar-refractivity contribution in [1.29, 1.82) is 0 Å². The quantitative estimate of drug-likeness (QED) is 0.774. The average Bonchev–Trinajstić information content (AvgIpc) is 3.38. The van der Waals surface area contributed by atoms with E-state index in [0.29, 0.717) is 25.5 Å². The summed E-state index contributed by atoms with van der Waals surface area (Å²) in [6, 6.07) is 8.89. The van der Waals surface area contributed by atoms with Crippen molar-refractivity contribution in [3.8, 4) is 0 Å². The first-order chi connectivity index (χ1) is 13.6. The summed E-state index contributed by atoms with van der Waals surface area (Å²) in [5.41, 5.74) is 1.42. The summed E-state index contributed by atoms with van der Waals surface area (Å²) in [7, 11) is 3.28. The van der Waals surface area contributed by atoms with Crippen LogP contribution >= 0.6 is 0 Å². The summed E-state index contributed by atoms with van der Waals surface area (Å²) in [6.45, 7) is 2.17. The molecule has 5 rings (SSSR count). The van der Waals surface area contributed by atoms with Gasteiger partial charge >= 0.3 is 0 Å². The Morgan fingerprint density at radius 1 is 1.07 bits per heavy atom. The van der Waals surface area contributed by atoms with Crippen LogP contribution in [-0.2, 0) is 35.9 Å². The van der Waals surface area contributed by atoms with Crippen molar-refractivity contribution in [2.24, 2.45) is 4.99 Å². The van der Waals surface area contributed by atoms with E-state index in [2.05, 4.69) is 34.2 Å². The number of methoxy groups -OCH3 is 2. The van der Waals surface area contributed by atoms with Gasteiger partial charge in [-0.15, -0.1) is 0 Å². The van der Waals surface area contributed by atoms with Gasteiger partial charge in [0, 0.05) is 40.2 Å². The van der Waals surface area contributed by atoms with E-state index in [1.54, 1.807) is 14.2 Å². The molecule has 3 aliphatic heterocycles. The predicted molar refractivity (Wildman–Crippen MR) is 101 cm³/mol. The Kier molecular flexibility index (Phi) is 4.23. The van der Waals surface area contributed by atoms with Crippen LogP contribution in [0.1, 0.15) is 36.8 Å². The fourth-order valence-corrected chi connectivity index (χ4v) is 5.15. The minimum absolute atomic E-state index is 0.156. The van der Waals surface area contributed by atoms with E-state index in [-0.39, 0.29) is 23.7 Å². The zero-order valence-electron chi connectivity index (χ0n) is 16.3. The van der Waals surface area contributed by atoms with Crippen molar-refractivity contribution in [1.82, 2.24) is 4.90 Å². The van der Waals surface area contributed by atoms with Crippen molar-refractivity contribution in [3.05, 3.63) is 35.4 Å². The number of fused-ring (bicyclic) bond motifs is 2. The fourth-order valence-electron chi connectivity index (χ4n) is 5.15. The number of aliphatic imine (C=N–C) groups is 1. The van der Waals surface area contributed by atoms with Crippen LogP contribution in [0, 0.1) is 0 Å². The number of amides is 1. The largest absolute Gasteiger partial charge is 0.448 e. The van der Waals surface area contributed by atoms with Crippen LogP contribution < -0.4 is 0 Å². The molecule has 1 saturated carbocycles. The molecule has 1 aromatic carbocycles. The molecule has 2 fully saturated rings. The van der Waals surface area contributed by atoms with Crippen LogP contribution in [0.4, 0.5) is 0 Å². The zero-order chi connectivity index (χ0) is 19.4. The van der Waals surface area contributed by atoms with Gasteiger partial charge < -0.3 is 23.8 Å². The van der Waals surface area contributed by atoms with Crippen LogP contribution in [0.15, 0.2) is 29.3 Å². The number of ether oxygens (including phenoxy) is 4. The molecule has 1 aliphatic carbocycles. The van der Waals surface area contributed by atoms with Crippen molar-refractivity contribution in [3.63, 3.8) is 0 Å². The van der Waals surface area contributed by atoms with Gasteiger partial charge in [0.1, 0.15) is 0 Å². The number of carbonyl (C=O) groups is 1. The maximum atomic E-state index is 12.7. The Morgan fingerprint density at radius 3 is 2.43 bits per heavy atom. The van der Waals surface area contributed by atoms with E-state index < -0.39 is 5.60 Å². The number of piperidine rings is 1. The van der Waals surface area contributed by atoms with Gasteiger partial charge in [0.15, 0.2) is 5.60 Å². The maximum Gasteiger partial charge on any atom is 0.296 e. The molecule has 1 amide bonds. The molecule has 7 heteroatoms. The lowest BCUT2D eigenvalue weighted by molar-refractivity contribution is -0.131. The van der Waals surface area contributed by atoms with E-state index in [1.165, 1.54) is 11.1 Å². The lowest BCUT2D eigenvalue weighted by Gasteiger charge is -2.39. The molecule has 1 saturated heterocycles. The average molecular weight is 386 g/mol. The first-order valence-electron chi connectivity index (χ1n) is 9.94. The second-order valence-corrected chi connectivity index (χ2v) is 8.18. The first-order valence-corrected chi connectivity index (χ1v) is 9.94. The molecule has 28 heavy (non-hydrogen) atoms. The van der Waals surface area contributed by atoms with Gasteiger partial charge in [0.25, 0.3) is 11.9 Å². The van der Waals surface area contributed by atoms with Crippen LogP contribution in [0.25, 0.3) is 0 Å². The molecule has 3 heterocycles. The molecule has 150 valence electrons. The molecule has 0 aromatic heterocycles. The molecule has 0 bridgehead atoms. The normalized spacial score (nSPS) is 33.4. The van der Waals surface area contributed by atoms with Gasteiger partial charge in [-0.2, -0.15) is 4.99 Å². The van der Waals surface area contributed by atoms with Gasteiger partial charge in [-0.3, -0.25) is 4.79 Å². The maximum absolute atomic E-state index is 12.7. The Bertz CT molecular complexity index is 803. The van der Waals surface area contributed by atoms with Crippen LogP contribution in [0.5, 0.6) is 0 Å². The molecule has 2 atom stereocenters. The third-order valence-corrected chi connectivity index (χ3v) is 6.81. The topological polar surface area (TPSA) is 69.6 Å². The Morgan fingerprint density at radius 2 is 1.75 bits per heavy atom. The van der Waals surface area contributed by atoms with Gasteiger partial charge in [-0.05, 0) is 24.0 Å². The number of benzene rings is 1. The summed E-state index contributed by atoms with van der Waals surface area (Å²) in [5, 5.41) is 0. The van der Waals surface area contributed by atoms with Gasteiger partial charge in [-0.25, -0.2) is 0 Å². The highest BCUT2D eigenvalue weighted by molar-refractivity contribution is 6.01. The number of likely N-dealkylation sites (tertiary alicyclic amines) is 1. The highest BCUT2D eigenvalue weighted by Gasteiger charge is 2.57. The number of hydrogen-bond acceptors (Lipinski definition) is 6. The molecule has 2 spiro atoms. The van der Waals surface area contributed by atoms with Gasteiger partial charge in [0.05, 0.1) is 24.4 Å². The summed E-state index contributed by atoms with van der Waals surface area (Å²) in [6.07, 6.45) is 2.35. The van der Waals surface area contributed by atoms with Crippen molar-refractivity contribution in [2.45, 2.75) is 55.7 Å². The molecular weight excluding hydrogens is 360 g/mol. The smallest absolute Gasteiger partial charge is 0.296 e. The monoisotopic (exact) mass is 386 g/mol. The third-order valence-electron chi connectivity index (χ3n) is 6.81. The second-order valence-electron chi connectivity index (χ2n) is 8.18. The molecule has 0 N–H and O–H groups in total. The number of rotatable bonds is 2.